The number of benzene rings is 1. The van der Waals surface area contributed by atoms with Crippen molar-refractivity contribution in [2.24, 2.45) is 0 Å². The molecule has 0 radical (unpaired) electrons. The number of aromatic nitrogens is 2. The number of nitrogens with zero attached hydrogens (tertiary/aromatic N) is 3. The minimum absolute atomic E-state index is 0.0132. The van der Waals surface area contributed by atoms with E-state index >= 15 is 0 Å². The molecule has 1 aliphatic carbocycles. The van der Waals surface area contributed by atoms with Gasteiger partial charge in [0.25, 0.3) is 5.56 Å². The van der Waals surface area contributed by atoms with Crippen molar-refractivity contribution in [3.63, 3.8) is 0 Å². The number of carbonyl (C=O) groups is 1. The second-order valence-electron chi connectivity index (χ2n) is 9.30. The maximum atomic E-state index is 14.0. The molecule has 7 heteroatoms. The summed E-state index contributed by atoms with van der Waals surface area (Å²) in [5, 5.41) is 1.42. The Balaban J connectivity index is 1.60. The van der Waals surface area contributed by atoms with Crippen LogP contribution in [-0.4, -0.2) is 39.2 Å². The van der Waals surface area contributed by atoms with Crippen LogP contribution < -0.4 is 5.56 Å². The van der Waals surface area contributed by atoms with Crippen molar-refractivity contribution in [3.8, 4) is 5.69 Å². The van der Waals surface area contributed by atoms with Crippen LogP contribution in [0.2, 0.25) is 0 Å². The SMILES string of the molecule is Cc1ccc(-n2c(SCC(=O)N3CCCCC3)nc3sc4c(c3c2=O)CCCCC4)c(C)c1. The van der Waals surface area contributed by atoms with Gasteiger partial charge in [-0.05, 0) is 76.0 Å². The van der Waals surface area contributed by atoms with E-state index in [0.29, 0.717) is 10.9 Å². The zero-order valence-corrected chi connectivity index (χ0v) is 21.1. The molecule has 1 aliphatic heterocycles. The van der Waals surface area contributed by atoms with Gasteiger partial charge in [-0.25, -0.2) is 4.98 Å². The molecule has 0 unspecified atom stereocenters. The monoisotopic (exact) mass is 481 g/mol. The summed E-state index contributed by atoms with van der Waals surface area (Å²) in [7, 11) is 0. The molecular formula is C26H31N3O2S2. The first kappa shape index (κ1) is 22.7. The summed E-state index contributed by atoms with van der Waals surface area (Å²) in [6.45, 7) is 5.79. The van der Waals surface area contributed by atoms with Crippen molar-refractivity contribution in [2.75, 3.05) is 18.8 Å². The summed E-state index contributed by atoms with van der Waals surface area (Å²) in [6.07, 6.45) is 8.87. The van der Waals surface area contributed by atoms with Gasteiger partial charge in [0.2, 0.25) is 5.91 Å². The van der Waals surface area contributed by atoms with E-state index in [4.69, 9.17) is 4.98 Å². The fourth-order valence-electron chi connectivity index (χ4n) is 5.09. The Morgan fingerprint density at radius 1 is 1.06 bits per heavy atom. The van der Waals surface area contributed by atoms with E-state index in [1.165, 1.54) is 41.5 Å². The average molecular weight is 482 g/mol. The minimum atomic E-state index is 0.0132. The topological polar surface area (TPSA) is 55.2 Å². The lowest BCUT2D eigenvalue weighted by atomic mass is 10.1. The van der Waals surface area contributed by atoms with Crippen LogP contribution in [0.3, 0.4) is 0 Å². The van der Waals surface area contributed by atoms with Gasteiger partial charge in [0.05, 0.1) is 16.8 Å². The second kappa shape index (κ2) is 9.63. The molecule has 174 valence electrons. The van der Waals surface area contributed by atoms with Gasteiger partial charge in [0.1, 0.15) is 4.83 Å². The number of aryl methyl sites for hydroxylation is 4. The van der Waals surface area contributed by atoms with E-state index in [2.05, 4.69) is 13.0 Å². The molecule has 0 spiro atoms. The Morgan fingerprint density at radius 2 is 1.82 bits per heavy atom. The lowest BCUT2D eigenvalue weighted by Crippen LogP contribution is -2.36. The first-order chi connectivity index (χ1) is 16.0. The maximum absolute atomic E-state index is 14.0. The molecule has 5 rings (SSSR count). The van der Waals surface area contributed by atoms with E-state index in [9.17, 15) is 9.59 Å². The van der Waals surface area contributed by atoms with E-state index in [0.717, 1.165) is 72.2 Å². The summed E-state index contributed by atoms with van der Waals surface area (Å²) in [5.74, 6) is 0.455. The zero-order valence-electron chi connectivity index (χ0n) is 19.5. The molecule has 33 heavy (non-hydrogen) atoms. The fourth-order valence-corrected chi connectivity index (χ4v) is 7.30. The van der Waals surface area contributed by atoms with E-state index < -0.39 is 0 Å². The highest BCUT2D eigenvalue weighted by Crippen LogP contribution is 2.35. The first-order valence-electron chi connectivity index (χ1n) is 12.1. The normalized spacial score (nSPS) is 16.6. The predicted octanol–water partition coefficient (Wildman–Crippen LogP) is 5.44. The second-order valence-corrected chi connectivity index (χ2v) is 11.3. The molecule has 1 amide bonds. The molecule has 3 heterocycles. The van der Waals surface area contributed by atoms with Gasteiger partial charge in [-0.2, -0.15) is 0 Å². The highest BCUT2D eigenvalue weighted by Gasteiger charge is 2.24. The summed E-state index contributed by atoms with van der Waals surface area (Å²) in [4.78, 5) is 36.0. The summed E-state index contributed by atoms with van der Waals surface area (Å²) in [5.41, 5.74) is 4.30. The predicted molar refractivity (Wildman–Crippen MR) is 137 cm³/mol. The number of fused-ring (bicyclic) bond motifs is 3. The smallest absolute Gasteiger partial charge is 0.267 e. The molecule has 0 saturated carbocycles. The van der Waals surface area contributed by atoms with Gasteiger partial charge in [0, 0.05) is 18.0 Å². The van der Waals surface area contributed by atoms with Gasteiger partial charge in [-0.3, -0.25) is 14.2 Å². The van der Waals surface area contributed by atoms with Crippen molar-refractivity contribution in [1.82, 2.24) is 14.5 Å². The third-order valence-corrected chi connectivity index (χ3v) is 8.94. The minimum Gasteiger partial charge on any atom is -0.342 e. The number of likely N-dealkylation sites (tertiary alicyclic amines) is 1. The van der Waals surface area contributed by atoms with E-state index in [1.54, 1.807) is 15.9 Å². The van der Waals surface area contributed by atoms with Crippen molar-refractivity contribution >= 4 is 39.2 Å². The molecule has 5 nitrogen and oxygen atoms in total. The van der Waals surface area contributed by atoms with E-state index in [-0.39, 0.29) is 11.5 Å². The number of thiophene rings is 1. The van der Waals surface area contributed by atoms with Crippen molar-refractivity contribution in [1.29, 1.82) is 0 Å². The Hall–Kier alpha value is -2.12. The largest absolute Gasteiger partial charge is 0.342 e. The van der Waals surface area contributed by atoms with Crippen molar-refractivity contribution in [2.45, 2.75) is 70.4 Å². The number of amides is 1. The summed E-state index contributed by atoms with van der Waals surface area (Å²) >= 11 is 3.08. The van der Waals surface area contributed by atoms with Crippen LogP contribution in [0.4, 0.5) is 0 Å². The van der Waals surface area contributed by atoms with Gasteiger partial charge >= 0.3 is 0 Å². The number of piperidine rings is 1. The Morgan fingerprint density at radius 3 is 2.61 bits per heavy atom. The lowest BCUT2D eigenvalue weighted by Gasteiger charge is -2.26. The third-order valence-electron chi connectivity index (χ3n) is 6.83. The third kappa shape index (κ3) is 4.50. The summed E-state index contributed by atoms with van der Waals surface area (Å²) < 4.78 is 1.77. The Labute approximate surface area is 203 Å². The Bertz CT molecular complexity index is 1250. The number of hydrogen-bond donors (Lipinski definition) is 0. The highest BCUT2D eigenvalue weighted by molar-refractivity contribution is 7.99. The number of hydrogen-bond acceptors (Lipinski definition) is 5. The molecule has 3 aromatic rings. The summed E-state index contributed by atoms with van der Waals surface area (Å²) in [6, 6.07) is 6.16. The molecule has 1 aromatic carbocycles. The van der Waals surface area contributed by atoms with Crippen LogP contribution in [0.1, 0.15) is 60.1 Å². The molecule has 0 N–H and O–H groups in total. The molecule has 1 saturated heterocycles. The number of thioether (sulfide) groups is 1. The quantitative estimate of drug-likeness (QED) is 0.283. The van der Waals surface area contributed by atoms with Crippen LogP contribution in [-0.2, 0) is 17.6 Å². The highest BCUT2D eigenvalue weighted by atomic mass is 32.2. The first-order valence-corrected chi connectivity index (χ1v) is 13.9. The van der Waals surface area contributed by atoms with Crippen LogP contribution in [0.25, 0.3) is 15.9 Å². The number of rotatable bonds is 4. The van der Waals surface area contributed by atoms with Crippen LogP contribution in [0, 0.1) is 13.8 Å². The Kier molecular flexibility index (Phi) is 6.61. The fraction of sp³-hybridized carbons (Fsp3) is 0.500. The van der Waals surface area contributed by atoms with Gasteiger partial charge in [-0.15, -0.1) is 11.3 Å². The zero-order chi connectivity index (χ0) is 22.9. The maximum Gasteiger partial charge on any atom is 0.267 e. The molecule has 1 fully saturated rings. The molecule has 0 atom stereocenters. The standard InChI is InChI=1S/C26H31N3O2S2/c1-17-11-12-20(18(2)15-17)29-25(31)23-19-9-5-3-6-10-21(19)33-24(23)27-26(29)32-16-22(30)28-13-7-4-8-14-28/h11-12,15H,3-10,13-14,16H2,1-2H3. The van der Waals surface area contributed by atoms with Gasteiger partial charge in [-0.1, -0.05) is 35.9 Å². The van der Waals surface area contributed by atoms with Crippen LogP contribution in [0.15, 0.2) is 28.2 Å². The average Bonchev–Trinajstić information content (AvgIpc) is 3.00. The molecular weight excluding hydrogens is 450 g/mol. The van der Waals surface area contributed by atoms with Gasteiger partial charge in [0.15, 0.2) is 5.16 Å². The molecule has 0 bridgehead atoms. The van der Waals surface area contributed by atoms with Gasteiger partial charge < -0.3 is 4.90 Å². The van der Waals surface area contributed by atoms with Crippen LogP contribution >= 0.6 is 23.1 Å². The van der Waals surface area contributed by atoms with Crippen molar-refractivity contribution < 1.29 is 4.79 Å². The van der Waals surface area contributed by atoms with Crippen molar-refractivity contribution in [3.05, 3.63) is 50.1 Å². The molecule has 2 aromatic heterocycles. The van der Waals surface area contributed by atoms with E-state index in [1.807, 2.05) is 24.0 Å². The molecule has 2 aliphatic rings. The number of carbonyl (C=O) groups excluding carboxylic acids is 1. The lowest BCUT2D eigenvalue weighted by molar-refractivity contribution is -0.129. The van der Waals surface area contributed by atoms with Crippen LogP contribution in [0.5, 0.6) is 0 Å².